The molecule has 0 aromatic heterocycles. The van der Waals surface area contributed by atoms with Crippen LogP contribution in [-0.2, 0) is 0 Å². The zero-order valence-electron chi connectivity index (χ0n) is 4.65. The van der Waals surface area contributed by atoms with Crippen molar-refractivity contribution in [3.8, 4) is 0 Å². The van der Waals surface area contributed by atoms with E-state index in [0.29, 0.717) is 0 Å². The van der Waals surface area contributed by atoms with E-state index in [1.807, 2.05) is 0 Å². The second-order valence-corrected chi connectivity index (χ2v) is 1.93. The van der Waals surface area contributed by atoms with Gasteiger partial charge in [0.25, 0.3) is 0 Å². The van der Waals surface area contributed by atoms with Crippen molar-refractivity contribution >= 4 is 7.28 Å². The number of rotatable bonds is 0. The Balaban J connectivity index is 2.58. The molecule has 0 unspecified atom stereocenters. The van der Waals surface area contributed by atoms with Crippen LogP contribution in [-0.4, -0.2) is 7.28 Å². The molecular formula is C6H9B. The monoisotopic (exact) mass is 92.1 g/mol. The maximum atomic E-state index is 2.26. The lowest BCUT2D eigenvalue weighted by atomic mass is 9.70. The molecule has 0 radical (unpaired) electrons. The lowest BCUT2D eigenvalue weighted by Gasteiger charge is -1.95. The summed E-state index contributed by atoms with van der Waals surface area (Å²) >= 11 is 0. The molecule has 0 fully saturated rings. The highest BCUT2D eigenvalue weighted by Crippen LogP contribution is 2.01. The zero-order chi connectivity index (χ0) is 5.11. The van der Waals surface area contributed by atoms with Crippen molar-refractivity contribution in [2.24, 2.45) is 0 Å². The summed E-state index contributed by atoms with van der Waals surface area (Å²) in [7, 11) is 1.24. The summed E-state index contributed by atoms with van der Waals surface area (Å²) in [4.78, 5) is 0. The molecule has 7 heavy (non-hydrogen) atoms. The van der Waals surface area contributed by atoms with Crippen LogP contribution >= 0.6 is 0 Å². The Morgan fingerprint density at radius 1 is 1.71 bits per heavy atom. The van der Waals surface area contributed by atoms with Crippen molar-refractivity contribution in [1.29, 1.82) is 0 Å². The van der Waals surface area contributed by atoms with Crippen molar-refractivity contribution < 1.29 is 0 Å². The average Bonchev–Trinajstić information content (AvgIpc) is 1.69. The van der Waals surface area contributed by atoms with Crippen LogP contribution in [0.25, 0.3) is 0 Å². The third-order valence-electron chi connectivity index (χ3n) is 1.18. The van der Waals surface area contributed by atoms with E-state index in [2.05, 4.69) is 25.1 Å². The van der Waals surface area contributed by atoms with Gasteiger partial charge in [0, 0.05) is 0 Å². The van der Waals surface area contributed by atoms with E-state index in [0.717, 1.165) is 0 Å². The predicted octanol–water partition coefficient (Wildman–Crippen LogP) is 1.31. The van der Waals surface area contributed by atoms with Crippen LogP contribution in [0.15, 0.2) is 23.7 Å². The van der Waals surface area contributed by atoms with Crippen LogP contribution < -0.4 is 0 Å². The molecule has 0 nitrogen and oxygen atoms in total. The lowest BCUT2D eigenvalue weighted by Crippen LogP contribution is -1.87. The van der Waals surface area contributed by atoms with E-state index in [1.54, 1.807) is 0 Å². The fourth-order valence-corrected chi connectivity index (χ4v) is 0.744. The Kier molecular flexibility index (Phi) is 1.35. The third kappa shape index (κ3) is 1.22. The van der Waals surface area contributed by atoms with Gasteiger partial charge in [-0.05, 0) is 6.92 Å². The van der Waals surface area contributed by atoms with Crippen LogP contribution in [0, 0.1) is 0 Å². The summed E-state index contributed by atoms with van der Waals surface area (Å²) in [6, 6.07) is 0. The van der Waals surface area contributed by atoms with Gasteiger partial charge in [0.05, 0.1) is 0 Å². The summed E-state index contributed by atoms with van der Waals surface area (Å²) in [5.74, 6) is 2.26. The van der Waals surface area contributed by atoms with Gasteiger partial charge in [0.2, 0.25) is 0 Å². The molecule has 36 valence electrons. The molecule has 0 bridgehead atoms. The molecule has 1 heteroatoms. The van der Waals surface area contributed by atoms with Crippen LogP contribution in [0.3, 0.4) is 0 Å². The quantitative estimate of drug-likeness (QED) is 0.395. The van der Waals surface area contributed by atoms with Gasteiger partial charge in [-0.1, -0.05) is 24.0 Å². The van der Waals surface area contributed by atoms with Crippen LogP contribution in [0.1, 0.15) is 6.92 Å². The Labute approximate surface area is 45.2 Å². The van der Waals surface area contributed by atoms with Gasteiger partial charge >= 0.3 is 0 Å². The summed E-state index contributed by atoms with van der Waals surface area (Å²) in [6.07, 6.45) is 5.62. The molecule has 1 aliphatic rings. The highest BCUT2D eigenvalue weighted by Gasteiger charge is 1.88. The highest BCUT2D eigenvalue weighted by atomic mass is 13.8. The summed E-state index contributed by atoms with van der Waals surface area (Å²) in [5.41, 5.74) is 1.41. The minimum Gasteiger partial charge on any atom is -0.116 e. The van der Waals surface area contributed by atoms with Crippen molar-refractivity contribution in [3.05, 3.63) is 23.7 Å². The molecule has 0 aromatic carbocycles. The number of hydrogen-bond acceptors (Lipinski definition) is 0. The fraction of sp³-hybridized carbons (Fsp3) is 0.333. The van der Waals surface area contributed by atoms with Crippen molar-refractivity contribution in [1.82, 2.24) is 0 Å². The van der Waals surface area contributed by atoms with Gasteiger partial charge in [-0.3, -0.25) is 0 Å². The van der Waals surface area contributed by atoms with E-state index >= 15 is 0 Å². The van der Waals surface area contributed by atoms with Crippen molar-refractivity contribution in [3.63, 3.8) is 0 Å². The smallest absolute Gasteiger partial charge is 0.116 e. The molecule has 1 rings (SSSR count). The maximum Gasteiger partial charge on any atom is 0.152 e. The molecule has 0 aliphatic carbocycles. The topological polar surface area (TPSA) is 0 Å². The average molecular weight is 91.9 g/mol. The van der Waals surface area contributed by atoms with Crippen LogP contribution in [0.2, 0.25) is 6.32 Å². The molecule has 1 heterocycles. The van der Waals surface area contributed by atoms with E-state index in [1.165, 1.54) is 19.2 Å². The zero-order valence-corrected chi connectivity index (χ0v) is 4.65. The van der Waals surface area contributed by atoms with E-state index < -0.39 is 0 Å². The minimum atomic E-state index is 1.23. The molecule has 0 saturated carbocycles. The third-order valence-corrected chi connectivity index (χ3v) is 1.18. The van der Waals surface area contributed by atoms with E-state index in [-0.39, 0.29) is 0 Å². The molecule has 0 saturated heterocycles. The van der Waals surface area contributed by atoms with Gasteiger partial charge in [-0.2, -0.15) is 0 Å². The molecule has 0 amide bonds. The van der Waals surface area contributed by atoms with E-state index in [9.17, 15) is 0 Å². The molecule has 0 spiro atoms. The largest absolute Gasteiger partial charge is 0.152 e. The number of allylic oxidation sites excluding steroid dienone is 3. The van der Waals surface area contributed by atoms with Gasteiger partial charge in [0.15, 0.2) is 7.28 Å². The normalized spacial score (nSPS) is 18.1. The van der Waals surface area contributed by atoms with Crippen molar-refractivity contribution in [2.75, 3.05) is 0 Å². The first-order valence-corrected chi connectivity index (χ1v) is 2.73. The maximum absolute atomic E-state index is 2.26. The standard InChI is InChI=1S/C6H9B/c1-6-3-2-4-7-5-6/h2-3,5,7H,4H2,1H3. The second kappa shape index (κ2) is 2.01. The van der Waals surface area contributed by atoms with Gasteiger partial charge < -0.3 is 0 Å². The van der Waals surface area contributed by atoms with Crippen LogP contribution in [0.5, 0.6) is 0 Å². The van der Waals surface area contributed by atoms with E-state index in [4.69, 9.17) is 0 Å². The van der Waals surface area contributed by atoms with Gasteiger partial charge in [-0.15, -0.1) is 5.98 Å². The summed E-state index contributed by atoms with van der Waals surface area (Å²) in [5, 5.41) is 0. The molecule has 0 N–H and O–H groups in total. The van der Waals surface area contributed by atoms with Crippen LogP contribution in [0.4, 0.5) is 0 Å². The molecule has 0 atom stereocenters. The Hall–Kier alpha value is -0.455. The Bertz CT molecular complexity index is 111. The molecule has 0 aromatic rings. The first-order chi connectivity index (χ1) is 3.39. The molecular weight excluding hydrogens is 82.9 g/mol. The summed E-state index contributed by atoms with van der Waals surface area (Å²) < 4.78 is 0. The second-order valence-electron chi connectivity index (χ2n) is 1.93. The number of hydrogen-bond donors (Lipinski definition) is 0. The van der Waals surface area contributed by atoms with Gasteiger partial charge in [0.1, 0.15) is 0 Å². The van der Waals surface area contributed by atoms with Gasteiger partial charge in [-0.25, -0.2) is 0 Å². The Morgan fingerprint density at radius 3 is 2.86 bits per heavy atom. The Morgan fingerprint density at radius 2 is 2.57 bits per heavy atom. The highest BCUT2D eigenvalue weighted by molar-refractivity contribution is 6.43. The minimum absolute atomic E-state index is 1.23. The molecule has 1 aliphatic heterocycles. The predicted molar refractivity (Wildman–Crippen MR) is 34.9 cm³/mol. The first-order valence-electron chi connectivity index (χ1n) is 2.73. The first kappa shape index (κ1) is 4.70. The SMILES string of the molecule is CC1=CBCC=C1. The lowest BCUT2D eigenvalue weighted by molar-refractivity contribution is 1.48. The summed E-state index contributed by atoms with van der Waals surface area (Å²) in [6.45, 7) is 2.13. The van der Waals surface area contributed by atoms with Crippen molar-refractivity contribution in [2.45, 2.75) is 13.2 Å². The fourth-order valence-electron chi connectivity index (χ4n) is 0.744.